The van der Waals surface area contributed by atoms with Crippen LogP contribution in [0.1, 0.15) is 10.4 Å². The van der Waals surface area contributed by atoms with Crippen LogP contribution in [0.15, 0.2) is 28.7 Å². The standard InChI is InChI=1S/C12H7BrClFO2/c1-17-12(16)8-2-6-3-9(13)11(15)5-7(6)4-10(8)14/h2-5H,1H3. The number of fused-ring (bicyclic) bond motifs is 1. The number of carbonyl (C=O) groups excluding carboxylic acids is 1. The van der Waals surface area contributed by atoms with E-state index in [4.69, 9.17) is 11.6 Å². The lowest BCUT2D eigenvalue weighted by Crippen LogP contribution is -2.02. The fourth-order valence-corrected chi connectivity index (χ4v) is 2.14. The molecule has 0 aliphatic carbocycles. The minimum absolute atomic E-state index is 0.242. The highest BCUT2D eigenvalue weighted by atomic mass is 79.9. The Morgan fingerprint density at radius 1 is 1.29 bits per heavy atom. The first-order chi connectivity index (χ1) is 8.02. The number of hydrogen-bond donors (Lipinski definition) is 0. The fourth-order valence-electron chi connectivity index (χ4n) is 1.53. The molecule has 2 aromatic carbocycles. The molecule has 2 aromatic rings. The molecule has 88 valence electrons. The van der Waals surface area contributed by atoms with Crippen molar-refractivity contribution in [2.24, 2.45) is 0 Å². The van der Waals surface area contributed by atoms with E-state index in [1.165, 1.54) is 13.2 Å². The van der Waals surface area contributed by atoms with Gasteiger partial charge in [-0.1, -0.05) is 11.6 Å². The molecular formula is C12H7BrClFO2. The Morgan fingerprint density at radius 3 is 2.59 bits per heavy atom. The van der Waals surface area contributed by atoms with Crippen molar-refractivity contribution >= 4 is 44.3 Å². The van der Waals surface area contributed by atoms with Crippen LogP contribution in [0.25, 0.3) is 10.8 Å². The van der Waals surface area contributed by atoms with Crippen molar-refractivity contribution in [3.8, 4) is 0 Å². The summed E-state index contributed by atoms with van der Waals surface area (Å²) in [5.74, 6) is -0.892. The summed E-state index contributed by atoms with van der Waals surface area (Å²) < 4.78 is 18.3. The number of carbonyl (C=O) groups is 1. The third-order valence-electron chi connectivity index (χ3n) is 2.37. The molecule has 0 spiro atoms. The Kier molecular flexibility index (Phi) is 3.35. The number of rotatable bonds is 1. The molecule has 0 saturated heterocycles. The van der Waals surface area contributed by atoms with Crippen LogP contribution >= 0.6 is 27.5 Å². The molecule has 0 aliphatic rings. The summed E-state index contributed by atoms with van der Waals surface area (Å²) in [5, 5.41) is 1.58. The first-order valence-corrected chi connectivity index (χ1v) is 5.86. The molecule has 0 aliphatic heterocycles. The second-order valence-electron chi connectivity index (χ2n) is 3.44. The van der Waals surface area contributed by atoms with E-state index >= 15 is 0 Å². The predicted molar refractivity (Wildman–Crippen MR) is 68.0 cm³/mol. The highest BCUT2D eigenvalue weighted by Crippen LogP contribution is 2.28. The molecule has 2 nitrogen and oxygen atoms in total. The molecule has 0 N–H and O–H groups in total. The first-order valence-electron chi connectivity index (χ1n) is 4.69. The van der Waals surface area contributed by atoms with Crippen LogP contribution in [0, 0.1) is 5.82 Å². The molecule has 17 heavy (non-hydrogen) atoms. The van der Waals surface area contributed by atoms with E-state index in [-0.39, 0.29) is 16.4 Å². The van der Waals surface area contributed by atoms with Crippen molar-refractivity contribution in [2.45, 2.75) is 0 Å². The summed E-state index contributed by atoms with van der Waals surface area (Å²) in [6, 6.07) is 6.06. The lowest BCUT2D eigenvalue weighted by atomic mass is 10.1. The van der Waals surface area contributed by atoms with E-state index in [2.05, 4.69) is 20.7 Å². The minimum atomic E-state index is -0.516. The van der Waals surface area contributed by atoms with Gasteiger partial charge in [-0.15, -0.1) is 0 Å². The van der Waals surface area contributed by atoms with Crippen LogP contribution < -0.4 is 0 Å². The molecule has 0 saturated carbocycles. The van der Waals surface area contributed by atoms with E-state index in [9.17, 15) is 9.18 Å². The predicted octanol–water partition coefficient (Wildman–Crippen LogP) is 4.18. The van der Waals surface area contributed by atoms with Crippen LogP contribution in [0.4, 0.5) is 4.39 Å². The topological polar surface area (TPSA) is 26.3 Å². The zero-order chi connectivity index (χ0) is 12.6. The molecule has 0 atom stereocenters. The zero-order valence-electron chi connectivity index (χ0n) is 8.76. The molecule has 0 radical (unpaired) electrons. The van der Waals surface area contributed by atoms with E-state index < -0.39 is 5.97 Å². The van der Waals surface area contributed by atoms with Gasteiger partial charge < -0.3 is 4.74 Å². The Morgan fingerprint density at radius 2 is 1.94 bits per heavy atom. The summed E-state index contributed by atoms with van der Waals surface area (Å²) in [6.45, 7) is 0. The van der Waals surface area contributed by atoms with E-state index in [0.717, 1.165) is 0 Å². The van der Waals surface area contributed by atoms with Crippen LogP contribution in [0.2, 0.25) is 5.02 Å². The number of halogens is 3. The van der Waals surface area contributed by atoms with Gasteiger partial charge in [-0.25, -0.2) is 9.18 Å². The van der Waals surface area contributed by atoms with Crippen molar-refractivity contribution in [3.05, 3.63) is 45.1 Å². The maximum absolute atomic E-state index is 13.3. The summed E-state index contributed by atoms with van der Waals surface area (Å²) in [6.07, 6.45) is 0. The van der Waals surface area contributed by atoms with Crippen molar-refractivity contribution in [1.82, 2.24) is 0 Å². The summed E-state index contributed by atoms with van der Waals surface area (Å²) in [5.41, 5.74) is 0.264. The minimum Gasteiger partial charge on any atom is -0.465 e. The molecule has 2 rings (SSSR count). The number of ether oxygens (including phenoxy) is 1. The smallest absolute Gasteiger partial charge is 0.339 e. The largest absolute Gasteiger partial charge is 0.465 e. The first kappa shape index (κ1) is 12.3. The summed E-state index contributed by atoms with van der Waals surface area (Å²) in [7, 11) is 1.28. The highest BCUT2D eigenvalue weighted by Gasteiger charge is 2.13. The molecule has 0 unspecified atom stereocenters. The van der Waals surface area contributed by atoms with Gasteiger partial charge in [0, 0.05) is 0 Å². The number of hydrogen-bond acceptors (Lipinski definition) is 2. The molecular weight excluding hydrogens is 310 g/mol. The van der Waals surface area contributed by atoms with Gasteiger partial charge >= 0.3 is 5.97 Å². The van der Waals surface area contributed by atoms with Crippen LogP contribution in [-0.4, -0.2) is 13.1 Å². The van der Waals surface area contributed by atoms with Gasteiger partial charge in [0.2, 0.25) is 0 Å². The quantitative estimate of drug-likeness (QED) is 0.738. The Labute approximate surface area is 110 Å². The fraction of sp³-hybridized carbons (Fsp3) is 0.0833. The third kappa shape index (κ3) is 2.28. The average Bonchev–Trinajstić information content (AvgIpc) is 2.30. The van der Waals surface area contributed by atoms with E-state index in [0.29, 0.717) is 15.2 Å². The van der Waals surface area contributed by atoms with Crippen LogP contribution in [0.3, 0.4) is 0 Å². The van der Waals surface area contributed by atoms with Crippen LogP contribution in [-0.2, 0) is 4.74 Å². The summed E-state index contributed by atoms with van der Waals surface area (Å²) in [4.78, 5) is 11.4. The van der Waals surface area contributed by atoms with E-state index in [1.54, 1.807) is 18.2 Å². The maximum Gasteiger partial charge on any atom is 0.339 e. The number of methoxy groups -OCH3 is 1. The average molecular weight is 318 g/mol. The van der Waals surface area contributed by atoms with Crippen molar-refractivity contribution in [3.63, 3.8) is 0 Å². The second-order valence-corrected chi connectivity index (χ2v) is 4.70. The SMILES string of the molecule is COC(=O)c1cc2cc(Br)c(F)cc2cc1Cl. The van der Waals surface area contributed by atoms with Gasteiger partial charge in [0.15, 0.2) is 0 Å². The lowest BCUT2D eigenvalue weighted by molar-refractivity contribution is 0.0601. The number of esters is 1. The van der Waals surface area contributed by atoms with Crippen LogP contribution in [0.5, 0.6) is 0 Å². The molecule has 0 bridgehead atoms. The van der Waals surface area contributed by atoms with Crippen molar-refractivity contribution in [1.29, 1.82) is 0 Å². The highest BCUT2D eigenvalue weighted by molar-refractivity contribution is 9.10. The van der Waals surface area contributed by atoms with Crippen molar-refractivity contribution in [2.75, 3.05) is 7.11 Å². The monoisotopic (exact) mass is 316 g/mol. The number of benzene rings is 2. The second kappa shape index (κ2) is 4.63. The van der Waals surface area contributed by atoms with Gasteiger partial charge in [0.25, 0.3) is 0 Å². The third-order valence-corrected chi connectivity index (χ3v) is 3.29. The Hall–Kier alpha value is -1.13. The molecule has 0 amide bonds. The lowest BCUT2D eigenvalue weighted by Gasteiger charge is -2.06. The molecule has 5 heteroatoms. The zero-order valence-corrected chi connectivity index (χ0v) is 11.1. The van der Waals surface area contributed by atoms with Gasteiger partial charge in [-0.3, -0.25) is 0 Å². The van der Waals surface area contributed by atoms with Crippen molar-refractivity contribution < 1.29 is 13.9 Å². The molecule has 0 aromatic heterocycles. The normalized spacial score (nSPS) is 10.6. The maximum atomic E-state index is 13.3. The molecule has 0 fully saturated rings. The summed E-state index contributed by atoms with van der Waals surface area (Å²) >= 11 is 9.02. The Bertz CT molecular complexity index is 613. The molecule has 0 heterocycles. The van der Waals surface area contributed by atoms with Gasteiger partial charge in [0.1, 0.15) is 5.82 Å². The van der Waals surface area contributed by atoms with Gasteiger partial charge in [-0.2, -0.15) is 0 Å². The Balaban J connectivity index is 2.71. The van der Waals surface area contributed by atoms with Gasteiger partial charge in [0.05, 0.1) is 22.2 Å². The van der Waals surface area contributed by atoms with E-state index in [1.807, 2.05) is 0 Å². The van der Waals surface area contributed by atoms with Gasteiger partial charge in [-0.05, 0) is 51.0 Å².